The van der Waals surface area contributed by atoms with Crippen LogP contribution in [-0.2, 0) is 30.8 Å². The minimum Gasteiger partial charge on any atom is -0.504 e. The molecule has 2 aliphatic carbocycles. The lowest BCUT2D eigenvalue weighted by Gasteiger charge is -2.50. The predicted octanol–water partition coefficient (Wildman–Crippen LogP) is 8.35. The number of hydrogen-bond acceptors (Lipinski definition) is 8. The Kier molecular flexibility index (Phi) is 9.33. The summed E-state index contributed by atoms with van der Waals surface area (Å²) in [6, 6.07) is 17.9. The van der Waals surface area contributed by atoms with E-state index in [9.17, 15) is 32.7 Å². The third-order valence-corrected chi connectivity index (χ3v) is 12.1. The van der Waals surface area contributed by atoms with Gasteiger partial charge in [0, 0.05) is 22.2 Å². The maximum absolute atomic E-state index is 15.4. The summed E-state index contributed by atoms with van der Waals surface area (Å²) in [7, 11) is 0. The van der Waals surface area contributed by atoms with Crippen molar-refractivity contribution in [2.45, 2.75) is 37.3 Å². The van der Waals surface area contributed by atoms with Crippen LogP contribution in [0.5, 0.6) is 11.5 Å². The summed E-state index contributed by atoms with van der Waals surface area (Å²) in [5.41, 5.74) is 1.52. The molecule has 3 aromatic carbocycles. The molecule has 3 fully saturated rings. The van der Waals surface area contributed by atoms with E-state index in [-0.39, 0.29) is 36.8 Å². The zero-order chi connectivity index (χ0) is 39.8. The van der Waals surface area contributed by atoms with E-state index in [0.29, 0.717) is 49.7 Å². The molecule has 4 aliphatic rings. The standard InChI is InChI=1S/C40H30Cl3F3N4O6/c1-2-56-31-15-19(3-14-30(31)51)33-25-12-13-26-32(37(54)49(35(26)52)24-10-8-23(42)9-11-24)27(25)17-28-36(53)50(38(55)39(28,33)20-4-6-22(41)7-5-20)48-34-29(43)16-21(18-47-34)40(44,45)46/h3-12,14-16,18,26-28,32-33,51H,2,13,17H2,1H3,(H,47,48). The summed E-state index contributed by atoms with van der Waals surface area (Å²) in [6.45, 7) is 1.92. The van der Waals surface area contributed by atoms with Crippen LogP contribution in [0.15, 0.2) is 90.6 Å². The summed E-state index contributed by atoms with van der Waals surface area (Å²) < 4.78 is 46.3. The Labute approximate surface area is 332 Å². The first-order valence-electron chi connectivity index (χ1n) is 17.6. The van der Waals surface area contributed by atoms with Crippen molar-refractivity contribution in [3.63, 3.8) is 0 Å². The van der Waals surface area contributed by atoms with Crippen molar-refractivity contribution in [3.05, 3.63) is 122 Å². The number of phenols is 1. The van der Waals surface area contributed by atoms with Gasteiger partial charge in [0.05, 0.1) is 46.0 Å². The number of anilines is 2. The first kappa shape index (κ1) is 37.8. The molecule has 1 aromatic heterocycles. The van der Waals surface area contributed by atoms with Crippen molar-refractivity contribution >= 4 is 69.9 Å². The highest BCUT2D eigenvalue weighted by Crippen LogP contribution is 2.64. The highest BCUT2D eigenvalue weighted by molar-refractivity contribution is 6.33. The molecule has 16 heteroatoms. The number of hydrazine groups is 1. The van der Waals surface area contributed by atoms with Crippen molar-refractivity contribution < 1.29 is 42.2 Å². The van der Waals surface area contributed by atoms with Crippen molar-refractivity contribution in [3.8, 4) is 11.5 Å². The molecule has 0 bridgehead atoms. The number of nitrogens with one attached hydrogen (secondary N) is 1. The molecule has 4 aromatic rings. The van der Waals surface area contributed by atoms with E-state index in [2.05, 4.69) is 10.4 Å². The average Bonchev–Trinajstić information content (AvgIpc) is 3.54. The van der Waals surface area contributed by atoms with E-state index < -0.39 is 75.4 Å². The number of nitrogens with zero attached hydrogens (tertiary/aromatic N) is 3. The number of fused-ring (bicyclic) bond motifs is 4. The fourth-order valence-electron chi connectivity index (χ4n) is 8.98. The SMILES string of the molecule is CCOc1cc(C2C3=CCC4C(=O)N(c5ccc(Cl)cc5)C(=O)C4C3CC3C(=O)N(Nc4ncc(C(F)(F)F)cc4Cl)C(=O)C32c2ccc(Cl)cc2)ccc1O. The molecule has 6 unspecified atom stereocenters. The summed E-state index contributed by atoms with van der Waals surface area (Å²) >= 11 is 18.7. The average molecular weight is 826 g/mol. The predicted molar refractivity (Wildman–Crippen MR) is 200 cm³/mol. The third-order valence-electron chi connectivity index (χ3n) is 11.3. The summed E-state index contributed by atoms with van der Waals surface area (Å²) in [5, 5.41) is 11.7. The molecule has 288 valence electrons. The van der Waals surface area contributed by atoms with Gasteiger partial charge in [0.15, 0.2) is 17.3 Å². The van der Waals surface area contributed by atoms with Crippen LogP contribution in [0.4, 0.5) is 24.7 Å². The van der Waals surface area contributed by atoms with E-state index in [0.717, 1.165) is 4.90 Å². The van der Waals surface area contributed by atoms with Crippen LogP contribution in [0.2, 0.25) is 15.1 Å². The fraction of sp³-hybridized carbons (Fsp3) is 0.275. The smallest absolute Gasteiger partial charge is 0.417 e. The fourth-order valence-corrected chi connectivity index (χ4v) is 9.44. The number of pyridine rings is 1. The number of ether oxygens (including phenoxy) is 1. The van der Waals surface area contributed by atoms with Gasteiger partial charge in [-0.2, -0.15) is 18.2 Å². The number of aromatic nitrogens is 1. The number of allylic oxidation sites excluding steroid dienone is 2. The van der Waals surface area contributed by atoms with Gasteiger partial charge in [0.2, 0.25) is 11.8 Å². The lowest BCUT2D eigenvalue weighted by Crippen LogP contribution is -2.53. The Balaban J connectivity index is 1.32. The number of phenolic OH excluding ortho intramolecular Hbond substituents is 1. The molecule has 0 radical (unpaired) electrons. The van der Waals surface area contributed by atoms with Crippen molar-refractivity contribution in [1.29, 1.82) is 0 Å². The number of halogens is 6. The van der Waals surface area contributed by atoms with Crippen LogP contribution in [0.25, 0.3) is 0 Å². The molecule has 0 spiro atoms. The van der Waals surface area contributed by atoms with E-state index >= 15 is 4.79 Å². The topological polar surface area (TPSA) is 129 Å². The van der Waals surface area contributed by atoms with E-state index in [1.807, 2.05) is 6.08 Å². The molecule has 8 rings (SSSR count). The molecule has 1 saturated carbocycles. The number of benzene rings is 3. The second kappa shape index (κ2) is 13.8. The van der Waals surface area contributed by atoms with Gasteiger partial charge < -0.3 is 9.84 Å². The number of carbonyl (C=O) groups is 4. The van der Waals surface area contributed by atoms with Gasteiger partial charge in [0.1, 0.15) is 0 Å². The van der Waals surface area contributed by atoms with Gasteiger partial charge in [-0.1, -0.05) is 64.7 Å². The van der Waals surface area contributed by atoms with Crippen LogP contribution >= 0.6 is 34.8 Å². The summed E-state index contributed by atoms with van der Waals surface area (Å²) in [5.74, 6) is -7.48. The van der Waals surface area contributed by atoms with Crippen LogP contribution in [0.3, 0.4) is 0 Å². The Hall–Kier alpha value is -5.11. The highest BCUT2D eigenvalue weighted by Gasteiger charge is 2.70. The Morgan fingerprint density at radius 1 is 0.911 bits per heavy atom. The zero-order valence-electron chi connectivity index (χ0n) is 29.2. The van der Waals surface area contributed by atoms with Gasteiger partial charge in [-0.25, -0.2) is 4.98 Å². The van der Waals surface area contributed by atoms with Gasteiger partial charge in [-0.05, 0) is 91.4 Å². The van der Waals surface area contributed by atoms with Crippen LogP contribution in [0.1, 0.15) is 42.4 Å². The Bertz CT molecular complexity index is 2340. The third kappa shape index (κ3) is 5.81. The van der Waals surface area contributed by atoms with E-state index in [1.54, 1.807) is 67.6 Å². The van der Waals surface area contributed by atoms with Crippen LogP contribution in [-0.4, -0.2) is 45.3 Å². The molecule has 6 atom stereocenters. The molecule has 2 saturated heterocycles. The maximum Gasteiger partial charge on any atom is 0.417 e. The number of hydrogen-bond donors (Lipinski definition) is 2. The molecule has 56 heavy (non-hydrogen) atoms. The summed E-state index contributed by atoms with van der Waals surface area (Å²) in [4.78, 5) is 63.7. The van der Waals surface area contributed by atoms with Gasteiger partial charge in [0.25, 0.3) is 11.8 Å². The second-order valence-corrected chi connectivity index (χ2v) is 15.3. The Morgan fingerprint density at radius 3 is 2.23 bits per heavy atom. The van der Waals surface area contributed by atoms with Crippen LogP contribution in [0, 0.1) is 23.7 Å². The molecular formula is C40H30Cl3F3N4O6. The van der Waals surface area contributed by atoms with Gasteiger partial charge in [-0.3, -0.25) is 29.5 Å². The van der Waals surface area contributed by atoms with E-state index in [1.165, 1.54) is 6.07 Å². The van der Waals surface area contributed by atoms with Gasteiger partial charge >= 0.3 is 6.18 Å². The maximum atomic E-state index is 15.4. The molecule has 4 amide bonds. The lowest BCUT2D eigenvalue weighted by atomic mass is 9.49. The van der Waals surface area contributed by atoms with Crippen molar-refractivity contribution in [2.75, 3.05) is 16.9 Å². The highest BCUT2D eigenvalue weighted by atomic mass is 35.5. The minimum absolute atomic E-state index is 0.0626. The van der Waals surface area contributed by atoms with Crippen LogP contribution < -0.4 is 15.1 Å². The summed E-state index contributed by atoms with van der Waals surface area (Å²) in [6.07, 6.45) is -2.29. The largest absolute Gasteiger partial charge is 0.504 e. The van der Waals surface area contributed by atoms with Gasteiger partial charge in [-0.15, -0.1) is 0 Å². The second-order valence-electron chi connectivity index (χ2n) is 14.1. The number of imide groups is 2. The molecule has 2 aliphatic heterocycles. The molecule has 2 N–H and O–H groups in total. The normalized spacial score (nSPS) is 25.8. The number of aromatic hydroxyl groups is 1. The quantitative estimate of drug-likeness (QED) is 0.141. The lowest BCUT2D eigenvalue weighted by molar-refractivity contribution is -0.139. The number of rotatable bonds is 7. The molecule has 10 nitrogen and oxygen atoms in total. The molecule has 3 heterocycles. The van der Waals surface area contributed by atoms with Crippen molar-refractivity contribution in [2.24, 2.45) is 23.7 Å². The Morgan fingerprint density at radius 2 is 1.59 bits per heavy atom. The van der Waals surface area contributed by atoms with E-state index in [4.69, 9.17) is 39.5 Å². The van der Waals surface area contributed by atoms with Crippen molar-refractivity contribution in [1.82, 2.24) is 9.99 Å². The first-order valence-corrected chi connectivity index (χ1v) is 18.7. The monoisotopic (exact) mass is 824 g/mol. The number of amides is 4. The first-order chi connectivity index (χ1) is 26.7. The number of alkyl halides is 3. The molecular weight excluding hydrogens is 796 g/mol. The zero-order valence-corrected chi connectivity index (χ0v) is 31.5. The minimum atomic E-state index is -4.76. The number of carbonyl (C=O) groups excluding carboxylic acids is 4.